The number of hydrogen-bond acceptors (Lipinski definition) is 3. The van der Waals surface area contributed by atoms with E-state index in [0.29, 0.717) is 16.9 Å². The molecule has 3 nitrogen and oxygen atoms in total. The molecule has 0 saturated heterocycles. The van der Waals surface area contributed by atoms with Crippen LogP contribution in [0.3, 0.4) is 0 Å². The van der Waals surface area contributed by atoms with Crippen LogP contribution in [0.1, 0.15) is 5.56 Å². The molecule has 1 heterocycles. The smallest absolute Gasteiger partial charge is 0.416 e. The zero-order chi connectivity index (χ0) is 17.9. The van der Waals surface area contributed by atoms with Gasteiger partial charge in [-0.2, -0.15) is 13.2 Å². The molecule has 0 aliphatic heterocycles. The largest absolute Gasteiger partial charge is 0.488 e. The average molecular weight is 343 g/mol. The van der Waals surface area contributed by atoms with Crippen molar-refractivity contribution in [1.29, 1.82) is 0 Å². The molecule has 0 unspecified atom stereocenters. The highest BCUT2D eigenvalue weighted by atomic mass is 19.4. The maximum Gasteiger partial charge on any atom is 0.416 e. The molecule has 0 atom stereocenters. The number of pyridine rings is 1. The van der Waals surface area contributed by atoms with Gasteiger partial charge in [-0.15, -0.1) is 0 Å². The van der Waals surface area contributed by atoms with Crippen molar-refractivity contribution in [3.05, 3.63) is 72.4 Å². The Labute approximate surface area is 142 Å². The Morgan fingerprint density at radius 3 is 2.44 bits per heavy atom. The third kappa shape index (κ3) is 3.66. The van der Waals surface area contributed by atoms with E-state index in [1.807, 2.05) is 0 Å². The number of rotatable bonds is 4. The van der Waals surface area contributed by atoms with E-state index in [0.717, 1.165) is 12.1 Å². The number of hydrogen-bond donors (Lipinski definition) is 0. The molecule has 0 amide bonds. The maximum atomic E-state index is 12.6. The minimum Gasteiger partial charge on any atom is -0.488 e. The third-order valence-electron chi connectivity index (χ3n) is 3.43. The normalized spacial score (nSPS) is 10.9. The zero-order valence-electron chi connectivity index (χ0n) is 13.1. The molecule has 25 heavy (non-hydrogen) atoms. The van der Waals surface area contributed by atoms with E-state index >= 15 is 0 Å². The first-order valence-electron chi connectivity index (χ1n) is 7.26. The van der Waals surface area contributed by atoms with Crippen LogP contribution >= 0.6 is 0 Å². The molecule has 0 bridgehead atoms. The molecule has 3 rings (SSSR count). The Hall–Kier alpha value is -3.20. The van der Waals surface area contributed by atoms with Crippen molar-refractivity contribution in [3.8, 4) is 28.5 Å². The van der Waals surface area contributed by atoms with Crippen LogP contribution in [0.25, 0.3) is 11.1 Å². The lowest BCUT2D eigenvalue weighted by atomic mass is 10.1. The fourth-order valence-electron chi connectivity index (χ4n) is 2.25. The average Bonchev–Trinajstić information content (AvgIpc) is 2.62. The van der Waals surface area contributed by atoms with Crippen LogP contribution in [-0.4, -0.2) is 12.1 Å². The van der Waals surface area contributed by atoms with E-state index in [1.54, 1.807) is 24.3 Å². The van der Waals surface area contributed by atoms with Crippen molar-refractivity contribution >= 4 is 0 Å². The van der Waals surface area contributed by atoms with E-state index in [4.69, 9.17) is 9.47 Å². The zero-order valence-corrected chi connectivity index (χ0v) is 13.1. The van der Waals surface area contributed by atoms with Crippen LogP contribution in [0.4, 0.5) is 13.2 Å². The molecule has 126 valence electrons. The molecule has 6 heteroatoms. The van der Waals surface area contributed by atoms with Crippen molar-refractivity contribution in [1.82, 2.24) is 4.98 Å². The van der Waals surface area contributed by atoms with Crippen LogP contribution in [-0.2, 0) is 6.18 Å². The first kappa shape index (κ1) is 16.7. The van der Waals surface area contributed by atoms with Gasteiger partial charge in [0.1, 0.15) is 5.75 Å². The van der Waals surface area contributed by atoms with Gasteiger partial charge in [0.15, 0.2) is 5.75 Å². The summed E-state index contributed by atoms with van der Waals surface area (Å²) < 4.78 is 48.9. The number of alkyl halides is 3. The second-order valence-corrected chi connectivity index (χ2v) is 5.03. The highest BCUT2D eigenvalue weighted by Gasteiger charge is 2.30. The van der Waals surface area contributed by atoms with Crippen LogP contribution in [0, 0.1) is 12.1 Å². The molecule has 0 aliphatic rings. The Balaban J connectivity index is 1.94. The fourth-order valence-corrected chi connectivity index (χ4v) is 2.25. The third-order valence-corrected chi connectivity index (χ3v) is 3.43. The Morgan fingerprint density at radius 1 is 1.00 bits per heavy atom. The monoisotopic (exact) mass is 343 g/mol. The van der Waals surface area contributed by atoms with E-state index in [1.165, 1.54) is 25.4 Å². The van der Waals surface area contributed by atoms with E-state index in [9.17, 15) is 13.2 Å². The summed E-state index contributed by atoms with van der Waals surface area (Å²) in [7, 11) is 1.51. The summed E-state index contributed by atoms with van der Waals surface area (Å²) in [4.78, 5) is 4.17. The molecule has 0 saturated carbocycles. The van der Waals surface area contributed by atoms with Gasteiger partial charge < -0.3 is 9.47 Å². The van der Waals surface area contributed by atoms with Crippen LogP contribution in [0.5, 0.6) is 17.4 Å². The van der Waals surface area contributed by atoms with Gasteiger partial charge >= 0.3 is 6.18 Å². The second-order valence-electron chi connectivity index (χ2n) is 5.03. The molecule has 0 fully saturated rings. The Kier molecular flexibility index (Phi) is 4.48. The molecule has 0 radical (unpaired) electrons. The summed E-state index contributed by atoms with van der Waals surface area (Å²) in [5.74, 6) is 0.964. The standard InChI is InChI=1S/C19H12F3NO2/c1-24-17-7-3-2-5-15(17)16-6-4-12-23-18(16)25-14-10-8-13(9-11-14)19(20,21)22/h2,4-6,8-12H,1H3. The van der Waals surface area contributed by atoms with Gasteiger partial charge in [-0.1, -0.05) is 6.07 Å². The number of halogens is 3. The topological polar surface area (TPSA) is 31.4 Å². The summed E-state index contributed by atoms with van der Waals surface area (Å²) in [5.41, 5.74) is 0.580. The van der Waals surface area contributed by atoms with Gasteiger partial charge in [0.2, 0.25) is 5.88 Å². The first-order valence-corrected chi connectivity index (χ1v) is 7.26. The van der Waals surface area contributed by atoms with E-state index < -0.39 is 11.7 Å². The molecule has 1 aromatic heterocycles. The molecule has 0 N–H and O–H groups in total. The Morgan fingerprint density at radius 2 is 1.76 bits per heavy atom. The van der Waals surface area contributed by atoms with Gasteiger partial charge in [-0.05, 0) is 54.6 Å². The number of benzene rings is 1. The van der Waals surface area contributed by atoms with Crippen LogP contribution in [0.2, 0.25) is 0 Å². The lowest BCUT2D eigenvalue weighted by molar-refractivity contribution is -0.137. The van der Waals surface area contributed by atoms with E-state index in [-0.39, 0.29) is 11.6 Å². The highest BCUT2D eigenvalue weighted by molar-refractivity contribution is 5.73. The number of nitrogens with zero attached hydrogens (tertiary/aromatic N) is 1. The minimum atomic E-state index is -4.39. The van der Waals surface area contributed by atoms with Crippen molar-refractivity contribution in [2.24, 2.45) is 0 Å². The van der Waals surface area contributed by atoms with Gasteiger partial charge in [0, 0.05) is 17.3 Å². The molecule has 2 aromatic carbocycles. The predicted octanol–water partition coefficient (Wildman–Crippen LogP) is 5.17. The van der Waals surface area contributed by atoms with Crippen molar-refractivity contribution < 1.29 is 22.6 Å². The molecule has 0 aliphatic carbocycles. The summed E-state index contributed by atoms with van der Waals surface area (Å²) in [6, 6.07) is 17.0. The summed E-state index contributed by atoms with van der Waals surface area (Å²) >= 11 is 0. The van der Waals surface area contributed by atoms with Gasteiger partial charge in [-0.25, -0.2) is 4.98 Å². The predicted molar refractivity (Wildman–Crippen MR) is 85.4 cm³/mol. The lowest BCUT2D eigenvalue weighted by Gasteiger charge is -2.12. The van der Waals surface area contributed by atoms with Gasteiger partial charge in [0.25, 0.3) is 0 Å². The van der Waals surface area contributed by atoms with E-state index in [2.05, 4.69) is 17.1 Å². The highest BCUT2D eigenvalue weighted by Crippen LogP contribution is 2.36. The van der Waals surface area contributed by atoms with Crippen LogP contribution in [0.15, 0.2) is 54.7 Å². The summed E-state index contributed by atoms with van der Waals surface area (Å²) in [6.07, 6.45) is -2.85. The van der Waals surface area contributed by atoms with Crippen LogP contribution < -0.4 is 9.47 Å². The maximum absolute atomic E-state index is 12.6. The molecular weight excluding hydrogens is 331 g/mol. The van der Waals surface area contributed by atoms with Crippen molar-refractivity contribution in [2.75, 3.05) is 7.11 Å². The summed E-state index contributed by atoms with van der Waals surface area (Å²) in [6.45, 7) is 0. The van der Waals surface area contributed by atoms with Gasteiger partial charge in [-0.3, -0.25) is 0 Å². The van der Waals surface area contributed by atoms with Crippen molar-refractivity contribution in [2.45, 2.75) is 6.18 Å². The van der Waals surface area contributed by atoms with Crippen molar-refractivity contribution in [3.63, 3.8) is 0 Å². The number of ether oxygens (including phenoxy) is 2. The number of aromatic nitrogens is 1. The molecule has 0 spiro atoms. The second kappa shape index (κ2) is 6.73. The fraction of sp³-hybridized carbons (Fsp3) is 0.105. The quantitative estimate of drug-likeness (QED) is 0.655. The SMILES string of the molecule is COc1c#cccc1-c1cccnc1Oc1ccc(C(F)(F)F)cc1. The van der Waals surface area contributed by atoms with Gasteiger partial charge in [0.05, 0.1) is 12.7 Å². The first-order chi connectivity index (χ1) is 12.0. The minimum absolute atomic E-state index is 0.249. The summed E-state index contributed by atoms with van der Waals surface area (Å²) in [5, 5.41) is 0. The number of methoxy groups -OCH3 is 1. The molecule has 3 aromatic rings. The lowest BCUT2D eigenvalue weighted by Crippen LogP contribution is -2.04. The Bertz CT molecular complexity index is 861. The molecular formula is C19H12F3NO2.